The summed E-state index contributed by atoms with van der Waals surface area (Å²) >= 11 is 6.61. The first-order valence-electron chi connectivity index (χ1n) is 11.1. The van der Waals surface area contributed by atoms with Gasteiger partial charge in [0.25, 0.3) is 5.92 Å². The molecular formula is C23H31ClF2N4O2. The summed E-state index contributed by atoms with van der Waals surface area (Å²) in [5.74, 6) is -2.57. The van der Waals surface area contributed by atoms with E-state index in [9.17, 15) is 8.78 Å². The van der Waals surface area contributed by atoms with Crippen molar-refractivity contribution in [2.75, 3.05) is 32.9 Å². The number of morpholine rings is 1. The smallest absolute Gasteiger partial charge is 0.295 e. The van der Waals surface area contributed by atoms with Crippen molar-refractivity contribution in [3.8, 4) is 0 Å². The molecule has 1 aliphatic carbocycles. The molecule has 0 aromatic heterocycles. The Bertz CT molecular complexity index is 900. The van der Waals surface area contributed by atoms with Crippen LogP contribution in [0.5, 0.6) is 0 Å². The highest BCUT2D eigenvalue weighted by Crippen LogP contribution is 2.34. The molecule has 0 bridgehead atoms. The lowest BCUT2D eigenvalue weighted by atomic mass is 9.88. The molecule has 0 amide bonds. The van der Waals surface area contributed by atoms with E-state index in [0.29, 0.717) is 17.4 Å². The molecular weight excluding hydrogens is 438 g/mol. The summed E-state index contributed by atoms with van der Waals surface area (Å²) < 4.78 is 33.5. The molecule has 1 unspecified atom stereocenters. The van der Waals surface area contributed by atoms with Crippen LogP contribution < -0.4 is 10.6 Å². The van der Waals surface area contributed by atoms with Crippen LogP contribution in [-0.4, -0.2) is 59.9 Å². The van der Waals surface area contributed by atoms with Crippen molar-refractivity contribution in [3.05, 3.63) is 46.7 Å². The van der Waals surface area contributed by atoms with Crippen molar-refractivity contribution >= 4 is 17.4 Å². The number of benzene rings is 1. The second-order valence-electron chi connectivity index (χ2n) is 8.90. The van der Waals surface area contributed by atoms with Gasteiger partial charge in [0.2, 0.25) is 0 Å². The number of aliphatic imine (C=N–C) groups is 1. The van der Waals surface area contributed by atoms with E-state index in [0.717, 1.165) is 56.8 Å². The van der Waals surface area contributed by atoms with E-state index in [1.54, 1.807) is 12.1 Å². The van der Waals surface area contributed by atoms with Crippen molar-refractivity contribution in [2.24, 2.45) is 4.99 Å². The third-order valence-corrected chi connectivity index (χ3v) is 6.62. The van der Waals surface area contributed by atoms with Gasteiger partial charge in [0.1, 0.15) is 12.4 Å². The average molecular weight is 469 g/mol. The van der Waals surface area contributed by atoms with Gasteiger partial charge < -0.3 is 20.5 Å². The number of amidine groups is 1. The van der Waals surface area contributed by atoms with E-state index in [2.05, 4.69) is 15.5 Å². The number of ether oxygens (including phenoxy) is 1. The molecule has 1 aromatic rings. The van der Waals surface area contributed by atoms with Crippen LogP contribution in [0, 0.1) is 0 Å². The third kappa shape index (κ3) is 5.09. The molecule has 0 radical (unpaired) electrons. The van der Waals surface area contributed by atoms with Crippen LogP contribution in [0.25, 0.3) is 0 Å². The Hall–Kier alpha value is -1.74. The lowest BCUT2D eigenvalue weighted by Gasteiger charge is -2.43. The van der Waals surface area contributed by atoms with Gasteiger partial charge in [-0.25, -0.2) is 0 Å². The van der Waals surface area contributed by atoms with Gasteiger partial charge in [0, 0.05) is 36.0 Å². The predicted molar refractivity (Wildman–Crippen MR) is 121 cm³/mol. The molecule has 2 heterocycles. The molecule has 1 aromatic carbocycles. The van der Waals surface area contributed by atoms with E-state index in [-0.39, 0.29) is 11.6 Å². The largest absolute Gasteiger partial charge is 0.390 e. The summed E-state index contributed by atoms with van der Waals surface area (Å²) in [5.41, 5.74) is 2.64. The maximum atomic E-state index is 14.0. The van der Waals surface area contributed by atoms with Gasteiger partial charge in [-0.15, -0.1) is 0 Å². The SMILES string of the molecule is C[C@@H](N=C1NC(C)(Cl)NC2=C1C[C@H](N1CCOCC1)CC2)c1cccc(C(F)(F)CO)c1. The average Bonchev–Trinajstić information content (AvgIpc) is 2.79. The molecule has 4 rings (SSSR count). The highest BCUT2D eigenvalue weighted by molar-refractivity contribution is 6.25. The van der Waals surface area contributed by atoms with Crippen molar-refractivity contribution in [1.82, 2.24) is 15.5 Å². The second kappa shape index (κ2) is 9.25. The molecule has 1 fully saturated rings. The lowest BCUT2D eigenvalue weighted by Crippen LogP contribution is -2.58. The first kappa shape index (κ1) is 23.4. The summed E-state index contributed by atoms with van der Waals surface area (Å²) in [6.07, 6.45) is 2.77. The van der Waals surface area contributed by atoms with E-state index >= 15 is 0 Å². The number of nitrogens with zero attached hydrogens (tertiary/aromatic N) is 2. The second-order valence-corrected chi connectivity index (χ2v) is 9.65. The third-order valence-electron chi connectivity index (χ3n) is 6.43. The Morgan fingerprint density at radius 2 is 2.09 bits per heavy atom. The Balaban J connectivity index is 1.61. The lowest BCUT2D eigenvalue weighted by molar-refractivity contribution is -0.0556. The van der Waals surface area contributed by atoms with Crippen molar-refractivity contribution in [1.29, 1.82) is 0 Å². The predicted octanol–water partition coefficient (Wildman–Crippen LogP) is 3.47. The van der Waals surface area contributed by atoms with Crippen molar-refractivity contribution in [3.63, 3.8) is 0 Å². The normalized spacial score (nSPS) is 29.3. The van der Waals surface area contributed by atoms with E-state index in [1.807, 2.05) is 13.8 Å². The summed E-state index contributed by atoms with van der Waals surface area (Å²) in [4.78, 5) is 7.36. The Morgan fingerprint density at radius 3 is 2.81 bits per heavy atom. The molecule has 32 heavy (non-hydrogen) atoms. The van der Waals surface area contributed by atoms with Gasteiger partial charge in [-0.05, 0) is 44.7 Å². The molecule has 3 atom stereocenters. The molecule has 2 aliphatic heterocycles. The minimum Gasteiger partial charge on any atom is -0.390 e. The molecule has 176 valence electrons. The molecule has 3 aliphatic rings. The van der Waals surface area contributed by atoms with Gasteiger partial charge >= 0.3 is 0 Å². The maximum Gasteiger partial charge on any atom is 0.295 e. The van der Waals surface area contributed by atoms with Crippen molar-refractivity contribution in [2.45, 2.75) is 56.2 Å². The number of hydrogen-bond donors (Lipinski definition) is 3. The fraction of sp³-hybridized carbons (Fsp3) is 0.609. The van der Waals surface area contributed by atoms with Crippen LogP contribution in [0.4, 0.5) is 8.78 Å². The van der Waals surface area contributed by atoms with Crippen LogP contribution in [0.1, 0.15) is 50.3 Å². The minimum atomic E-state index is -3.28. The number of aliphatic hydroxyl groups is 1. The molecule has 1 saturated heterocycles. The highest BCUT2D eigenvalue weighted by atomic mass is 35.5. The zero-order valence-electron chi connectivity index (χ0n) is 18.5. The quantitative estimate of drug-likeness (QED) is 0.456. The number of allylic oxidation sites excluding steroid dienone is 1. The van der Waals surface area contributed by atoms with Gasteiger partial charge in [-0.3, -0.25) is 9.89 Å². The fourth-order valence-corrected chi connectivity index (χ4v) is 4.87. The zero-order valence-corrected chi connectivity index (χ0v) is 19.3. The van der Waals surface area contributed by atoms with Crippen LogP contribution in [0.3, 0.4) is 0 Å². The monoisotopic (exact) mass is 468 g/mol. The van der Waals surface area contributed by atoms with Crippen LogP contribution in [0.15, 0.2) is 40.5 Å². The Morgan fingerprint density at radius 1 is 1.34 bits per heavy atom. The van der Waals surface area contributed by atoms with Crippen molar-refractivity contribution < 1.29 is 18.6 Å². The maximum absolute atomic E-state index is 14.0. The van der Waals surface area contributed by atoms with E-state index in [4.69, 9.17) is 26.4 Å². The fourth-order valence-electron chi connectivity index (χ4n) is 4.66. The number of halogens is 3. The molecule has 9 heteroatoms. The first-order valence-corrected chi connectivity index (χ1v) is 11.5. The van der Waals surface area contributed by atoms with Crippen LogP contribution in [0.2, 0.25) is 0 Å². The number of aliphatic hydroxyl groups excluding tert-OH is 1. The van der Waals surface area contributed by atoms with Crippen LogP contribution >= 0.6 is 11.6 Å². The number of nitrogens with one attached hydrogen (secondary N) is 2. The summed E-state index contributed by atoms with van der Waals surface area (Å²) in [6.45, 7) is 5.86. The highest BCUT2D eigenvalue weighted by Gasteiger charge is 2.37. The number of rotatable bonds is 5. The Labute approximate surface area is 192 Å². The molecule has 3 N–H and O–H groups in total. The minimum absolute atomic E-state index is 0.213. The van der Waals surface area contributed by atoms with Crippen LogP contribution in [-0.2, 0) is 10.7 Å². The van der Waals surface area contributed by atoms with E-state index in [1.165, 1.54) is 12.1 Å². The summed E-state index contributed by atoms with van der Waals surface area (Å²) in [7, 11) is 0. The topological polar surface area (TPSA) is 69.1 Å². The van der Waals surface area contributed by atoms with E-state index < -0.39 is 17.7 Å². The molecule has 6 nitrogen and oxygen atoms in total. The summed E-state index contributed by atoms with van der Waals surface area (Å²) in [5, 5.41) is 14.8. The van der Waals surface area contributed by atoms with Gasteiger partial charge in [0.05, 0.1) is 19.3 Å². The van der Waals surface area contributed by atoms with Gasteiger partial charge in [0.15, 0.2) is 5.12 Å². The molecule has 0 spiro atoms. The van der Waals surface area contributed by atoms with Gasteiger partial charge in [-0.1, -0.05) is 29.8 Å². The first-order chi connectivity index (χ1) is 15.2. The standard InChI is InChI=1S/C23H31ClF2N4O2/c1-15(16-4-3-5-17(12-16)23(25,26)14-31)27-21-19-13-18(30-8-10-32-11-9-30)6-7-20(19)28-22(2,24)29-21/h3-5,12,15,18,28,31H,6-11,13-14H2,1-2H3,(H,27,29)/t15-,18-,22?/m1/s1. The summed E-state index contributed by atoms with van der Waals surface area (Å²) in [6, 6.07) is 6.14. The number of hydrogen-bond acceptors (Lipinski definition) is 5. The Kier molecular flexibility index (Phi) is 6.77. The zero-order chi connectivity index (χ0) is 22.9. The van der Waals surface area contributed by atoms with Gasteiger partial charge in [-0.2, -0.15) is 8.78 Å². The molecule has 0 saturated carbocycles. The number of alkyl halides is 3.